The molecule has 0 aliphatic heterocycles. The number of rotatable bonds is 3. The Morgan fingerprint density at radius 3 is 2.38 bits per heavy atom. The second kappa shape index (κ2) is 5.83. The van der Waals surface area contributed by atoms with Crippen LogP contribution in [0.2, 0.25) is 0 Å². The Balaban J connectivity index is 2.60. The second-order valence-electron chi connectivity index (χ2n) is 5.67. The molecule has 0 aliphatic rings. The monoisotopic (exact) mass is 304 g/mol. The highest BCUT2D eigenvalue weighted by molar-refractivity contribution is 7.80. The van der Waals surface area contributed by atoms with Crippen molar-refractivity contribution in [3.05, 3.63) is 42.6 Å². The van der Waals surface area contributed by atoms with Gasteiger partial charge in [-0.1, -0.05) is 18.2 Å². The van der Waals surface area contributed by atoms with Gasteiger partial charge in [-0.3, -0.25) is 8.51 Å². The van der Waals surface area contributed by atoms with Gasteiger partial charge >= 0.3 is 0 Å². The smallest absolute Gasteiger partial charge is 0.123 e. The van der Waals surface area contributed by atoms with Crippen LogP contribution in [0.1, 0.15) is 20.8 Å². The summed E-state index contributed by atoms with van der Waals surface area (Å²) in [6, 6.07) is 10.9. The number of nitrogen functional groups attached to an aromatic ring is 1. The molecule has 0 spiro atoms. The van der Waals surface area contributed by atoms with Gasteiger partial charge < -0.3 is 10.3 Å². The molecule has 1 atom stereocenters. The molecule has 0 bridgehead atoms. The van der Waals surface area contributed by atoms with Crippen LogP contribution in [-0.4, -0.2) is 19.3 Å². The Labute approximate surface area is 127 Å². The lowest BCUT2D eigenvalue weighted by Crippen LogP contribution is -2.42. The number of pyridine rings is 1. The molecule has 0 amide bonds. The molecule has 0 fully saturated rings. The van der Waals surface area contributed by atoms with Crippen molar-refractivity contribution in [2.45, 2.75) is 26.3 Å². The topological polar surface area (TPSA) is 82.3 Å². The van der Waals surface area contributed by atoms with Crippen molar-refractivity contribution in [2.75, 3.05) is 10.0 Å². The van der Waals surface area contributed by atoms with E-state index in [1.165, 1.54) is 4.31 Å². The molecule has 5 nitrogen and oxygen atoms in total. The summed E-state index contributed by atoms with van der Waals surface area (Å²) in [4.78, 5) is 4.07. The largest absolute Gasteiger partial charge is 0.755 e. The van der Waals surface area contributed by atoms with Crippen LogP contribution in [-0.2, 0) is 11.3 Å². The van der Waals surface area contributed by atoms with Gasteiger partial charge in [0.25, 0.3) is 0 Å². The molecule has 1 aromatic carbocycles. The van der Waals surface area contributed by atoms with Crippen LogP contribution < -0.4 is 10.0 Å². The van der Waals surface area contributed by atoms with Crippen LogP contribution in [0.3, 0.4) is 0 Å². The van der Waals surface area contributed by atoms with E-state index >= 15 is 0 Å². The van der Waals surface area contributed by atoms with E-state index in [-0.39, 0.29) is 0 Å². The summed E-state index contributed by atoms with van der Waals surface area (Å²) >= 11 is -2.37. The first-order valence-corrected chi connectivity index (χ1v) is 7.54. The van der Waals surface area contributed by atoms with E-state index in [1.54, 1.807) is 18.3 Å². The summed E-state index contributed by atoms with van der Waals surface area (Å²) in [5.74, 6) is 0.427. The molecule has 0 radical (unpaired) electrons. The summed E-state index contributed by atoms with van der Waals surface area (Å²) < 4.78 is 24.7. The highest BCUT2D eigenvalue weighted by atomic mass is 32.2. The van der Waals surface area contributed by atoms with Crippen LogP contribution in [0.4, 0.5) is 11.5 Å². The zero-order valence-electron chi connectivity index (χ0n) is 12.2. The molecular formula is C15H18N3O2S-. The standard InChI is InChI=1S/C15H19N3O2S/c1-15(2,3)18(21(19)20)13-7-5-4-6-12(13)11-8-9-14(16)17-10-11/h4-10H,1-3H3,(H2,16,17)(H,19,20)/p-1. The van der Waals surface area contributed by atoms with Gasteiger partial charge in [0.2, 0.25) is 0 Å². The molecule has 1 unspecified atom stereocenters. The predicted molar refractivity (Wildman–Crippen MR) is 85.2 cm³/mol. The molecule has 0 aliphatic carbocycles. The van der Waals surface area contributed by atoms with Gasteiger partial charge in [-0.05, 0) is 39.0 Å². The Kier molecular flexibility index (Phi) is 4.29. The van der Waals surface area contributed by atoms with Crippen LogP contribution in [0, 0.1) is 0 Å². The van der Waals surface area contributed by atoms with Gasteiger partial charge in [-0.2, -0.15) is 0 Å². The van der Waals surface area contributed by atoms with E-state index in [0.717, 1.165) is 11.1 Å². The van der Waals surface area contributed by atoms with Crippen molar-refractivity contribution in [1.82, 2.24) is 4.98 Å². The van der Waals surface area contributed by atoms with Crippen LogP contribution in [0.15, 0.2) is 42.6 Å². The minimum Gasteiger partial charge on any atom is -0.755 e. The number of nitrogens with two attached hydrogens (primary N) is 1. The Bertz CT molecular complexity index is 651. The van der Waals surface area contributed by atoms with Crippen molar-refractivity contribution in [1.29, 1.82) is 0 Å². The maximum atomic E-state index is 11.7. The lowest BCUT2D eigenvalue weighted by atomic mass is 10.0. The highest BCUT2D eigenvalue weighted by Crippen LogP contribution is 2.35. The summed E-state index contributed by atoms with van der Waals surface area (Å²) in [5.41, 5.74) is 7.26. The molecule has 2 rings (SSSR count). The van der Waals surface area contributed by atoms with E-state index in [1.807, 2.05) is 45.0 Å². The minimum atomic E-state index is -2.37. The molecule has 1 heterocycles. The zero-order chi connectivity index (χ0) is 15.6. The third kappa shape index (κ3) is 3.40. The zero-order valence-corrected chi connectivity index (χ0v) is 13.1. The maximum Gasteiger partial charge on any atom is 0.123 e. The van der Waals surface area contributed by atoms with Crippen molar-refractivity contribution in [3.63, 3.8) is 0 Å². The van der Waals surface area contributed by atoms with Crippen molar-refractivity contribution >= 4 is 22.8 Å². The summed E-state index contributed by atoms with van der Waals surface area (Å²) in [6.45, 7) is 5.54. The molecular weight excluding hydrogens is 286 g/mol. The van der Waals surface area contributed by atoms with Gasteiger partial charge in [0.1, 0.15) is 5.82 Å². The molecule has 112 valence electrons. The average molecular weight is 304 g/mol. The molecule has 21 heavy (non-hydrogen) atoms. The molecule has 1 aromatic heterocycles. The van der Waals surface area contributed by atoms with Gasteiger partial charge in [0, 0.05) is 34.1 Å². The summed E-state index contributed by atoms with van der Waals surface area (Å²) in [7, 11) is 0. The normalized spacial score (nSPS) is 13.0. The number of benzene rings is 1. The van der Waals surface area contributed by atoms with Crippen molar-refractivity contribution in [2.24, 2.45) is 0 Å². The second-order valence-corrected chi connectivity index (χ2v) is 6.47. The van der Waals surface area contributed by atoms with E-state index in [4.69, 9.17) is 5.73 Å². The first-order chi connectivity index (χ1) is 9.80. The number of hydrogen-bond acceptors (Lipinski definition) is 4. The lowest BCUT2D eigenvalue weighted by Gasteiger charge is -2.39. The number of hydrogen-bond donors (Lipinski definition) is 1. The Hall–Kier alpha value is -1.92. The number of nitrogens with zero attached hydrogens (tertiary/aromatic N) is 2. The van der Waals surface area contributed by atoms with Crippen molar-refractivity contribution < 1.29 is 8.76 Å². The molecule has 0 saturated heterocycles. The molecule has 2 N–H and O–H groups in total. The van der Waals surface area contributed by atoms with Gasteiger partial charge in [0.05, 0.1) is 5.69 Å². The fraction of sp³-hybridized carbons (Fsp3) is 0.267. The van der Waals surface area contributed by atoms with Crippen molar-refractivity contribution in [3.8, 4) is 11.1 Å². The van der Waals surface area contributed by atoms with Crippen LogP contribution >= 0.6 is 0 Å². The van der Waals surface area contributed by atoms with Gasteiger partial charge in [-0.25, -0.2) is 4.98 Å². The van der Waals surface area contributed by atoms with E-state index in [9.17, 15) is 8.76 Å². The molecule has 6 heteroatoms. The average Bonchev–Trinajstić information content (AvgIpc) is 2.38. The maximum absolute atomic E-state index is 11.7. The first-order valence-electron chi connectivity index (χ1n) is 6.51. The van der Waals surface area contributed by atoms with Gasteiger partial charge in [-0.15, -0.1) is 0 Å². The minimum absolute atomic E-state index is 0.427. The number of anilines is 2. The predicted octanol–water partition coefficient (Wildman–Crippen LogP) is 2.73. The van der Waals surface area contributed by atoms with Crippen LogP contribution in [0.5, 0.6) is 0 Å². The quantitative estimate of drug-likeness (QED) is 0.884. The fourth-order valence-corrected chi connectivity index (χ4v) is 2.89. The fourth-order valence-electron chi connectivity index (χ4n) is 2.12. The number of aromatic nitrogens is 1. The van der Waals surface area contributed by atoms with E-state index in [0.29, 0.717) is 11.5 Å². The van der Waals surface area contributed by atoms with E-state index < -0.39 is 16.8 Å². The molecule has 0 saturated carbocycles. The molecule has 2 aromatic rings. The number of para-hydroxylation sites is 1. The third-order valence-corrected chi connectivity index (χ3v) is 4.02. The highest BCUT2D eigenvalue weighted by Gasteiger charge is 2.25. The Morgan fingerprint density at radius 2 is 1.86 bits per heavy atom. The SMILES string of the molecule is CC(C)(C)N(c1ccccc1-c1ccc(N)nc1)S(=O)[O-]. The summed E-state index contributed by atoms with van der Waals surface area (Å²) in [6.07, 6.45) is 1.64. The summed E-state index contributed by atoms with van der Waals surface area (Å²) in [5, 5.41) is 0. The van der Waals surface area contributed by atoms with E-state index in [2.05, 4.69) is 4.98 Å². The third-order valence-electron chi connectivity index (χ3n) is 2.98. The first kappa shape index (κ1) is 15.5. The Morgan fingerprint density at radius 1 is 1.19 bits per heavy atom. The van der Waals surface area contributed by atoms with Crippen LogP contribution in [0.25, 0.3) is 11.1 Å². The van der Waals surface area contributed by atoms with Gasteiger partial charge in [0.15, 0.2) is 0 Å². The lowest BCUT2D eigenvalue weighted by molar-refractivity contribution is 0.498.